The van der Waals surface area contributed by atoms with Crippen molar-refractivity contribution in [2.24, 2.45) is 0 Å². The highest BCUT2D eigenvalue weighted by atomic mass is 28.2. The summed E-state index contributed by atoms with van der Waals surface area (Å²) in [6, 6.07) is 0. The standard InChI is InChI=1S/C8H14O4.C2H6O2Si/c1-7(9)11-5-3-4-6-12-8(2)10;1-2(3)4-5/h3-6H2,1-2H3;1,5H3. The molecule has 0 heterocycles. The van der Waals surface area contributed by atoms with Crippen molar-refractivity contribution in [1.29, 1.82) is 0 Å². The molecule has 0 unspecified atom stereocenters. The van der Waals surface area contributed by atoms with Crippen molar-refractivity contribution in [1.82, 2.24) is 0 Å². The monoisotopic (exact) mass is 264 g/mol. The van der Waals surface area contributed by atoms with Crippen molar-refractivity contribution in [2.75, 3.05) is 13.2 Å². The number of ether oxygens (including phenoxy) is 2. The van der Waals surface area contributed by atoms with Gasteiger partial charge in [0.2, 0.25) is 10.5 Å². The first-order chi connectivity index (χ1) is 7.90. The molecule has 0 aromatic carbocycles. The smallest absolute Gasteiger partial charge is 0.302 e. The molecule has 0 aliphatic heterocycles. The molecular formula is C10H20O6Si. The Hall–Kier alpha value is -1.37. The van der Waals surface area contributed by atoms with Crippen molar-refractivity contribution < 1.29 is 28.3 Å². The average molecular weight is 264 g/mol. The van der Waals surface area contributed by atoms with Crippen LogP contribution in [0.15, 0.2) is 0 Å². The minimum absolute atomic E-state index is 0.184. The predicted molar refractivity (Wildman–Crippen MR) is 64.2 cm³/mol. The SMILES string of the molecule is CC(=O)OCCCCOC(C)=O.CC(=O)O[SiH3]. The van der Waals surface area contributed by atoms with Gasteiger partial charge in [0.05, 0.1) is 13.2 Å². The zero-order valence-electron chi connectivity index (χ0n) is 10.8. The van der Waals surface area contributed by atoms with E-state index in [1.165, 1.54) is 20.8 Å². The molecule has 0 aliphatic carbocycles. The maximum atomic E-state index is 10.3. The van der Waals surface area contributed by atoms with Crippen LogP contribution >= 0.6 is 0 Å². The van der Waals surface area contributed by atoms with Crippen molar-refractivity contribution in [2.45, 2.75) is 33.6 Å². The molecule has 0 aromatic heterocycles. The highest BCUT2D eigenvalue weighted by molar-refractivity contribution is 6.04. The lowest BCUT2D eigenvalue weighted by atomic mass is 10.3. The zero-order valence-corrected chi connectivity index (χ0v) is 12.8. The van der Waals surface area contributed by atoms with Crippen LogP contribution in [0.1, 0.15) is 33.6 Å². The number of hydrogen-bond donors (Lipinski definition) is 0. The van der Waals surface area contributed by atoms with Gasteiger partial charge in [-0.05, 0) is 12.8 Å². The summed E-state index contributed by atoms with van der Waals surface area (Å²) in [5, 5.41) is 0. The molecule has 100 valence electrons. The average Bonchev–Trinajstić information content (AvgIpc) is 2.23. The fourth-order valence-electron chi connectivity index (χ4n) is 0.636. The van der Waals surface area contributed by atoms with Gasteiger partial charge in [-0.1, -0.05) is 0 Å². The van der Waals surface area contributed by atoms with E-state index in [1.807, 2.05) is 0 Å². The second-order valence-corrected chi connectivity index (χ2v) is 3.49. The molecule has 7 heteroatoms. The molecule has 0 saturated carbocycles. The van der Waals surface area contributed by atoms with Gasteiger partial charge in [-0.2, -0.15) is 0 Å². The minimum Gasteiger partial charge on any atom is -0.529 e. The Balaban J connectivity index is 0. The Morgan fingerprint density at radius 2 is 1.12 bits per heavy atom. The highest BCUT2D eigenvalue weighted by Gasteiger charge is 1.94. The van der Waals surface area contributed by atoms with E-state index in [2.05, 4.69) is 13.9 Å². The normalized spacial score (nSPS) is 8.65. The number of rotatable bonds is 5. The number of carbonyl (C=O) groups is 3. The summed E-state index contributed by atoms with van der Waals surface area (Å²) in [6.45, 7) is 4.93. The Morgan fingerprint density at radius 3 is 1.29 bits per heavy atom. The fourth-order valence-corrected chi connectivity index (χ4v) is 0.636. The van der Waals surface area contributed by atoms with Gasteiger partial charge >= 0.3 is 11.9 Å². The van der Waals surface area contributed by atoms with Gasteiger partial charge in [-0.25, -0.2) is 0 Å². The van der Waals surface area contributed by atoms with Crippen molar-refractivity contribution in [3.63, 3.8) is 0 Å². The summed E-state index contributed by atoms with van der Waals surface area (Å²) in [4.78, 5) is 30.2. The first-order valence-corrected chi connectivity index (χ1v) is 6.03. The Labute approximate surface area is 104 Å². The van der Waals surface area contributed by atoms with Crippen LogP contribution in [0.4, 0.5) is 0 Å². The first-order valence-electron chi connectivity index (χ1n) is 5.21. The number of hydrogen-bond acceptors (Lipinski definition) is 6. The maximum absolute atomic E-state index is 10.3. The second-order valence-electron chi connectivity index (χ2n) is 3.08. The fraction of sp³-hybridized carbons (Fsp3) is 0.700. The molecule has 0 atom stereocenters. The zero-order chi connectivity index (χ0) is 13.7. The van der Waals surface area contributed by atoms with E-state index in [4.69, 9.17) is 0 Å². The molecule has 0 fully saturated rings. The molecule has 17 heavy (non-hydrogen) atoms. The van der Waals surface area contributed by atoms with E-state index in [0.29, 0.717) is 23.7 Å². The van der Waals surface area contributed by atoms with Crippen LogP contribution in [-0.4, -0.2) is 41.6 Å². The summed E-state index contributed by atoms with van der Waals surface area (Å²) >= 11 is 0. The van der Waals surface area contributed by atoms with E-state index < -0.39 is 0 Å². The molecule has 0 aromatic rings. The first kappa shape index (κ1) is 18.0. The summed E-state index contributed by atoms with van der Waals surface area (Å²) in [5.74, 6) is -0.735. The molecular weight excluding hydrogens is 244 g/mol. The Bertz CT molecular complexity index is 223. The third-order valence-electron chi connectivity index (χ3n) is 1.44. The third kappa shape index (κ3) is 25.2. The van der Waals surface area contributed by atoms with Crippen LogP contribution in [0.2, 0.25) is 0 Å². The van der Waals surface area contributed by atoms with Gasteiger partial charge in [-0.3, -0.25) is 14.4 Å². The molecule has 0 bridgehead atoms. The quantitative estimate of drug-likeness (QED) is 0.386. The molecule has 0 spiro atoms. The maximum Gasteiger partial charge on any atom is 0.302 e. The van der Waals surface area contributed by atoms with Crippen LogP contribution in [0, 0.1) is 0 Å². The van der Waals surface area contributed by atoms with Crippen LogP contribution < -0.4 is 0 Å². The molecule has 0 aliphatic rings. The topological polar surface area (TPSA) is 78.9 Å². The lowest BCUT2D eigenvalue weighted by Crippen LogP contribution is -2.04. The highest BCUT2D eigenvalue weighted by Crippen LogP contribution is 1.91. The van der Waals surface area contributed by atoms with E-state index in [-0.39, 0.29) is 17.9 Å². The summed E-state index contributed by atoms with van der Waals surface area (Å²) < 4.78 is 13.6. The Kier molecular flexibility index (Phi) is 13.4. The number of carbonyl (C=O) groups excluding carboxylic acids is 3. The van der Waals surface area contributed by atoms with Gasteiger partial charge in [-0.15, -0.1) is 0 Å². The van der Waals surface area contributed by atoms with Crippen molar-refractivity contribution in [3.05, 3.63) is 0 Å². The molecule has 6 nitrogen and oxygen atoms in total. The van der Waals surface area contributed by atoms with Crippen molar-refractivity contribution >= 4 is 28.4 Å². The van der Waals surface area contributed by atoms with E-state index in [9.17, 15) is 14.4 Å². The summed E-state index contributed by atoms with van der Waals surface area (Å²) in [7, 11) is 0.524. The van der Waals surface area contributed by atoms with Gasteiger partial charge in [0.1, 0.15) is 0 Å². The van der Waals surface area contributed by atoms with Gasteiger partial charge in [0.25, 0.3) is 5.97 Å². The number of esters is 2. The van der Waals surface area contributed by atoms with E-state index in [1.54, 1.807) is 0 Å². The lowest BCUT2D eigenvalue weighted by molar-refractivity contribution is -0.143. The summed E-state index contributed by atoms with van der Waals surface area (Å²) in [6.07, 6.45) is 1.46. The van der Waals surface area contributed by atoms with Gasteiger partial charge in [0.15, 0.2) is 0 Å². The van der Waals surface area contributed by atoms with Gasteiger partial charge in [0, 0.05) is 20.8 Å². The lowest BCUT2D eigenvalue weighted by Gasteiger charge is -2.01. The molecule has 0 rings (SSSR count). The largest absolute Gasteiger partial charge is 0.529 e. The Morgan fingerprint density at radius 1 is 0.824 bits per heavy atom. The number of unbranched alkanes of at least 4 members (excludes halogenated alkanes) is 1. The molecule has 0 amide bonds. The predicted octanol–water partition coefficient (Wildman–Crippen LogP) is -0.277. The van der Waals surface area contributed by atoms with Crippen molar-refractivity contribution in [3.8, 4) is 0 Å². The van der Waals surface area contributed by atoms with Gasteiger partial charge < -0.3 is 13.9 Å². The summed E-state index contributed by atoms with van der Waals surface area (Å²) in [5.41, 5.74) is 0. The molecule has 0 N–H and O–H groups in total. The van der Waals surface area contributed by atoms with Crippen LogP contribution in [0.3, 0.4) is 0 Å². The second kappa shape index (κ2) is 12.7. The van der Waals surface area contributed by atoms with Crippen LogP contribution in [0.25, 0.3) is 0 Å². The van der Waals surface area contributed by atoms with E-state index in [0.717, 1.165) is 12.8 Å². The van der Waals surface area contributed by atoms with Crippen LogP contribution in [-0.2, 0) is 28.3 Å². The molecule has 0 radical (unpaired) electrons. The van der Waals surface area contributed by atoms with Crippen LogP contribution in [0.5, 0.6) is 0 Å². The van der Waals surface area contributed by atoms with E-state index >= 15 is 0 Å². The minimum atomic E-state index is -0.275. The molecule has 0 saturated heterocycles. The third-order valence-corrected chi connectivity index (χ3v) is 2.01.